The van der Waals surface area contributed by atoms with E-state index in [0.29, 0.717) is 0 Å². The molecule has 2 nitrogen and oxygen atoms in total. The van der Waals surface area contributed by atoms with Crippen LogP contribution in [0.5, 0.6) is 0 Å². The van der Waals surface area contributed by atoms with Gasteiger partial charge in [0.2, 0.25) is 0 Å². The molecular formula is C9H8BrNOS. The van der Waals surface area contributed by atoms with Gasteiger partial charge < -0.3 is 0 Å². The number of halogens is 1. The first kappa shape index (κ1) is 9.09. The number of rotatable bonds is 2. The number of benzene rings is 1. The maximum Gasteiger partial charge on any atom is 0.111 e. The minimum absolute atomic E-state index is 0.751. The molecule has 0 aliphatic carbocycles. The van der Waals surface area contributed by atoms with E-state index < -0.39 is 10.8 Å². The van der Waals surface area contributed by atoms with Crippen molar-refractivity contribution in [3.63, 3.8) is 0 Å². The molecule has 1 atom stereocenters. The van der Waals surface area contributed by atoms with Crippen LogP contribution in [-0.4, -0.2) is 14.6 Å². The second-order valence-electron chi connectivity index (χ2n) is 2.68. The molecule has 0 saturated heterocycles. The van der Waals surface area contributed by atoms with Gasteiger partial charge in [-0.25, -0.2) is 9.20 Å². The van der Waals surface area contributed by atoms with Crippen molar-refractivity contribution in [2.45, 2.75) is 11.3 Å². The van der Waals surface area contributed by atoms with Crippen LogP contribution in [0.25, 0.3) is 0 Å². The summed E-state index contributed by atoms with van der Waals surface area (Å²) in [5.41, 5.74) is 0.858. The van der Waals surface area contributed by atoms with E-state index in [4.69, 9.17) is 0 Å². The molecule has 1 heterocycles. The lowest BCUT2D eigenvalue weighted by molar-refractivity contribution is 0.690. The molecule has 1 aliphatic rings. The van der Waals surface area contributed by atoms with Gasteiger partial charge in [0.25, 0.3) is 0 Å². The van der Waals surface area contributed by atoms with Crippen LogP contribution in [-0.2, 0) is 10.8 Å². The highest BCUT2D eigenvalue weighted by atomic mass is 79.9. The average molecular weight is 258 g/mol. The Morgan fingerprint density at radius 3 is 2.85 bits per heavy atom. The molecule has 0 bridgehead atoms. The number of alkyl halides is 1. The molecule has 0 fully saturated rings. The van der Waals surface area contributed by atoms with E-state index >= 15 is 0 Å². The molecule has 0 N–H and O–H groups in total. The summed E-state index contributed by atoms with van der Waals surface area (Å²) in [6.07, 6.45) is 0.751. The van der Waals surface area contributed by atoms with Gasteiger partial charge in [-0.1, -0.05) is 28.1 Å². The monoisotopic (exact) mass is 257 g/mol. The van der Waals surface area contributed by atoms with Crippen molar-refractivity contribution >= 4 is 37.5 Å². The Morgan fingerprint density at radius 1 is 1.38 bits per heavy atom. The molecule has 13 heavy (non-hydrogen) atoms. The van der Waals surface area contributed by atoms with E-state index in [1.807, 2.05) is 24.3 Å². The van der Waals surface area contributed by atoms with Crippen LogP contribution < -0.4 is 0 Å². The van der Waals surface area contributed by atoms with Crippen LogP contribution in [0.4, 0.5) is 5.69 Å². The summed E-state index contributed by atoms with van der Waals surface area (Å²) in [7, 11) is -1.02. The van der Waals surface area contributed by atoms with E-state index in [1.54, 1.807) is 0 Å². The zero-order valence-electron chi connectivity index (χ0n) is 6.87. The lowest BCUT2D eigenvalue weighted by Crippen LogP contribution is -2.02. The van der Waals surface area contributed by atoms with Gasteiger partial charge in [-0.3, -0.25) is 0 Å². The summed E-state index contributed by atoms with van der Waals surface area (Å²) in [4.78, 5) is 5.15. The third kappa shape index (κ3) is 1.60. The second kappa shape index (κ2) is 3.72. The lowest BCUT2D eigenvalue weighted by atomic mass is 10.3. The molecule has 0 saturated carbocycles. The van der Waals surface area contributed by atoms with E-state index in [2.05, 4.69) is 20.9 Å². The van der Waals surface area contributed by atoms with Crippen molar-refractivity contribution in [3.05, 3.63) is 24.3 Å². The Balaban J connectivity index is 2.39. The summed E-state index contributed by atoms with van der Waals surface area (Å²) < 4.78 is 11.7. The van der Waals surface area contributed by atoms with Crippen LogP contribution >= 0.6 is 15.9 Å². The standard InChI is InChI=1S/C9H8BrNOS/c10-6-5-9-11-7-3-1-2-4-8(7)13(9)12/h1-4H,5-6H2. The van der Waals surface area contributed by atoms with Gasteiger partial charge in [0, 0.05) is 11.8 Å². The highest BCUT2D eigenvalue weighted by Gasteiger charge is 2.21. The Labute approximate surface area is 87.7 Å². The van der Waals surface area contributed by atoms with Gasteiger partial charge in [0.15, 0.2) is 0 Å². The zero-order valence-corrected chi connectivity index (χ0v) is 9.27. The molecule has 4 heteroatoms. The number of nitrogens with zero attached hydrogens (tertiary/aromatic N) is 1. The van der Waals surface area contributed by atoms with Crippen molar-refractivity contribution in [1.82, 2.24) is 0 Å². The van der Waals surface area contributed by atoms with Crippen LogP contribution in [0.15, 0.2) is 34.2 Å². The summed E-state index contributed by atoms with van der Waals surface area (Å²) >= 11 is 3.32. The summed E-state index contributed by atoms with van der Waals surface area (Å²) in [5.74, 6) is 0. The van der Waals surface area contributed by atoms with Crippen LogP contribution in [0.3, 0.4) is 0 Å². The Hall–Kier alpha value is -0.480. The van der Waals surface area contributed by atoms with E-state index in [1.165, 1.54) is 0 Å². The molecule has 1 unspecified atom stereocenters. The van der Waals surface area contributed by atoms with Gasteiger partial charge in [-0.15, -0.1) is 0 Å². The van der Waals surface area contributed by atoms with Crippen LogP contribution in [0.2, 0.25) is 0 Å². The Kier molecular flexibility index (Phi) is 2.60. The van der Waals surface area contributed by atoms with E-state index in [-0.39, 0.29) is 0 Å². The SMILES string of the molecule is O=S1C(CCBr)=Nc2ccccc21. The maximum atomic E-state index is 11.7. The molecule has 0 amide bonds. The second-order valence-corrected chi connectivity index (χ2v) is 4.92. The number of hydrogen-bond acceptors (Lipinski definition) is 2. The topological polar surface area (TPSA) is 29.4 Å². The molecule has 2 rings (SSSR count). The molecule has 0 spiro atoms. The third-order valence-corrected chi connectivity index (χ3v) is 3.70. The van der Waals surface area contributed by atoms with Crippen LogP contribution in [0, 0.1) is 0 Å². The van der Waals surface area contributed by atoms with Crippen molar-refractivity contribution in [2.75, 3.05) is 5.33 Å². The highest BCUT2D eigenvalue weighted by Crippen LogP contribution is 2.30. The fourth-order valence-electron chi connectivity index (χ4n) is 1.24. The van der Waals surface area contributed by atoms with Gasteiger partial charge >= 0.3 is 0 Å². The Morgan fingerprint density at radius 2 is 2.15 bits per heavy atom. The number of para-hydroxylation sites is 1. The first-order valence-electron chi connectivity index (χ1n) is 3.97. The van der Waals surface area contributed by atoms with Gasteiger partial charge in [0.1, 0.15) is 15.8 Å². The summed E-state index contributed by atoms with van der Waals surface area (Å²) in [6.45, 7) is 0. The number of fused-ring (bicyclic) bond motifs is 1. The molecular weight excluding hydrogens is 250 g/mol. The van der Waals surface area contributed by atoms with E-state index in [0.717, 1.165) is 27.4 Å². The first-order valence-corrected chi connectivity index (χ1v) is 6.24. The van der Waals surface area contributed by atoms with Gasteiger partial charge in [0.05, 0.1) is 10.6 Å². The van der Waals surface area contributed by atoms with Crippen molar-refractivity contribution in [2.24, 2.45) is 4.99 Å². The predicted molar refractivity (Wildman–Crippen MR) is 58.4 cm³/mol. The minimum atomic E-state index is -1.02. The normalized spacial score (nSPS) is 19.8. The number of aliphatic imine (C=N–C) groups is 1. The summed E-state index contributed by atoms with van der Waals surface area (Å²) in [6, 6.07) is 7.57. The van der Waals surface area contributed by atoms with Crippen molar-refractivity contribution in [1.29, 1.82) is 0 Å². The largest absolute Gasteiger partial charge is 0.248 e. The zero-order chi connectivity index (χ0) is 9.26. The fraction of sp³-hybridized carbons (Fsp3) is 0.222. The van der Waals surface area contributed by atoms with Crippen LogP contribution in [0.1, 0.15) is 6.42 Å². The minimum Gasteiger partial charge on any atom is -0.248 e. The number of hydrogen-bond donors (Lipinski definition) is 0. The molecule has 0 aromatic heterocycles. The van der Waals surface area contributed by atoms with Gasteiger partial charge in [-0.2, -0.15) is 0 Å². The lowest BCUT2D eigenvalue weighted by Gasteiger charge is -1.94. The summed E-state index contributed by atoms with van der Waals surface area (Å²) in [5, 5.41) is 1.59. The molecule has 1 aromatic rings. The molecule has 0 radical (unpaired) electrons. The third-order valence-electron chi connectivity index (χ3n) is 1.83. The molecule has 1 aromatic carbocycles. The van der Waals surface area contributed by atoms with Crippen molar-refractivity contribution in [3.8, 4) is 0 Å². The molecule has 68 valence electrons. The van der Waals surface area contributed by atoms with Crippen molar-refractivity contribution < 1.29 is 4.21 Å². The highest BCUT2D eigenvalue weighted by molar-refractivity contribution is 9.09. The quantitative estimate of drug-likeness (QED) is 0.750. The molecule has 1 aliphatic heterocycles. The first-order chi connectivity index (χ1) is 6.33. The van der Waals surface area contributed by atoms with E-state index in [9.17, 15) is 4.21 Å². The fourth-order valence-corrected chi connectivity index (χ4v) is 3.10. The maximum absolute atomic E-state index is 11.7. The van der Waals surface area contributed by atoms with Gasteiger partial charge in [-0.05, 0) is 12.1 Å². The average Bonchev–Trinajstić information content (AvgIpc) is 2.46. The smallest absolute Gasteiger partial charge is 0.111 e. The Bertz CT molecular complexity index is 389. The predicted octanol–water partition coefficient (Wildman–Crippen LogP) is 2.62.